The van der Waals surface area contributed by atoms with Crippen LogP contribution in [-0.4, -0.2) is 29.8 Å². The summed E-state index contributed by atoms with van der Waals surface area (Å²) in [6.45, 7) is 6.24. The lowest BCUT2D eigenvalue weighted by Gasteiger charge is -2.12. The van der Waals surface area contributed by atoms with Crippen molar-refractivity contribution in [1.29, 1.82) is 0 Å². The van der Waals surface area contributed by atoms with Gasteiger partial charge in [0.1, 0.15) is 6.61 Å². The molecule has 16 heavy (non-hydrogen) atoms. The van der Waals surface area contributed by atoms with E-state index in [9.17, 15) is 8.42 Å². The van der Waals surface area contributed by atoms with E-state index >= 15 is 0 Å². The first-order chi connectivity index (χ1) is 7.38. The second-order valence-corrected chi connectivity index (χ2v) is 5.00. The van der Waals surface area contributed by atoms with Crippen molar-refractivity contribution in [3.63, 3.8) is 0 Å². The highest BCUT2D eigenvalue weighted by Crippen LogP contribution is 2.15. The van der Waals surface area contributed by atoms with E-state index in [0.717, 1.165) is 0 Å². The first kappa shape index (κ1) is 13.1. The lowest BCUT2D eigenvalue weighted by atomic mass is 10.4. The second-order valence-electron chi connectivity index (χ2n) is 3.54. The highest BCUT2D eigenvalue weighted by molar-refractivity contribution is 7.89. The first-order valence-electron chi connectivity index (χ1n) is 4.92. The molecule has 0 aliphatic rings. The maximum Gasteiger partial charge on any atom is 0.273 e. The van der Waals surface area contributed by atoms with Crippen LogP contribution in [0.25, 0.3) is 0 Å². The second kappa shape index (κ2) is 4.89. The third kappa shape index (κ3) is 2.77. The van der Waals surface area contributed by atoms with Gasteiger partial charge in [0.15, 0.2) is 5.82 Å². The third-order valence-electron chi connectivity index (χ3n) is 1.94. The molecule has 2 N–H and O–H groups in total. The predicted molar refractivity (Wildman–Crippen MR) is 57.1 cm³/mol. The molecule has 0 aliphatic heterocycles. The number of nitrogens with zero attached hydrogens (tertiary/aromatic N) is 3. The summed E-state index contributed by atoms with van der Waals surface area (Å²) in [6, 6.07) is -0.0984. The lowest BCUT2D eigenvalue weighted by Crippen LogP contribution is -2.20. The molecule has 7 nitrogen and oxygen atoms in total. The minimum atomic E-state index is -3.85. The minimum absolute atomic E-state index is 0.0984. The van der Waals surface area contributed by atoms with Crippen LogP contribution in [0.5, 0.6) is 0 Å². The van der Waals surface area contributed by atoms with Crippen molar-refractivity contribution in [2.75, 3.05) is 6.61 Å². The van der Waals surface area contributed by atoms with Gasteiger partial charge in [-0.1, -0.05) is 0 Å². The zero-order valence-electron chi connectivity index (χ0n) is 9.54. The number of hydrogen-bond donors (Lipinski definition) is 1. The summed E-state index contributed by atoms with van der Waals surface area (Å²) < 4.78 is 29.2. The van der Waals surface area contributed by atoms with E-state index in [-0.39, 0.29) is 17.8 Å². The monoisotopic (exact) mass is 248 g/mol. The topological polar surface area (TPSA) is 100 Å². The average molecular weight is 248 g/mol. The van der Waals surface area contributed by atoms with Gasteiger partial charge in [0, 0.05) is 12.6 Å². The van der Waals surface area contributed by atoms with Crippen molar-refractivity contribution in [1.82, 2.24) is 14.8 Å². The maximum absolute atomic E-state index is 11.3. The van der Waals surface area contributed by atoms with E-state index in [2.05, 4.69) is 10.2 Å². The summed E-state index contributed by atoms with van der Waals surface area (Å²) in [5, 5.41) is 12.2. The molecule has 0 aromatic carbocycles. The molecular weight excluding hydrogens is 232 g/mol. The van der Waals surface area contributed by atoms with Gasteiger partial charge in [-0.15, -0.1) is 10.2 Å². The molecule has 0 aliphatic carbocycles. The Bertz CT molecular complexity index is 452. The quantitative estimate of drug-likeness (QED) is 0.793. The number of hydrogen-bond acceptors (Lipinski definition) is 5. The summed E-state index contributed by atoms with van der Waals surface area (Å²) in [5.74, 6) is 0.459. The fraction of sp³-hybridized carbons (Fsp3) is 0.750. The van der Waals surface area contributed by atoms with Gasteiger partial charge in [-0.3, -0.25) is 4.57 Å². The number of primary sulfonamides is 1. The summed E-state index contributed by atoms with van der Waals surface area (Å²) in [5.41, 5.74) is 0. The van der Waals surface area contributed by atoms with Crippen molar-refractivity contribution in [2.45, 2.75) is 38.6 Å². The van der Waals surface area contributed by atoms with Crippen LogP contribution >= 0.6 is 0 Å². The van der Waals surface area contributed by atoms with Crippen molar-refractivity contribution in [2.24, 2.45) is 5.14 Å². The third-order valence-corrected chi connectivity index (χ3v) is 2.73. The molecular formula is C8H16N4O3S. The zero-order valence-corrected chi connectivity index (χ0v) is 10.4. The van der Waals surface area contributed by atoms with Gasteiger partial charge in [0.2, 0.25) is 0 Å². The van der Waals surface area contributed by atoms with E-state index in [0.29, 0.717) is 12.4 Å². The number of aromatic nitrogens is 3. The number of ether oxygens (including phenoxy) is 1. The average Bonchev–Trinajstić information content (AvgIpc) is 2.57. The summed E-state index contributed by atoms with van der Waals surface area (Å²) in [4.78, 5) is 0. The van der Waals surface area contributed by atoms with Crippen molar-refractivity contribution >= 4 is 10.0 Å². The Morgan fingerprint density at radius 3 is 2.50 bits per heavy atom. The Kier molecular flexibility index (Phi) is 4.00. The molecule has 0 spiro atoms. The van der Waals surface area contributed by atoms with E-state index in [1.165, 1.54) is 4.57 Å². The van der Waals surface area contributed by atoms with Crippen molar-refractivity contribution in [3.8, 4) is 0 Å². The number of sulfonamides is 1. The molecule has 0 fully saturated rings. The van der Waals surface area contributed by atoms with Crippen LogP contribution in [0.3, 0.4) is 0 Å². The number of nitrogens with two attached hydrogens (primary N) is 1. The SMILES string of the molecule is CCOCc1nnc(S(N)(=O)=O)n1C(C)C. The van der Waals surface area contributed by atoms with Gasteiger partial charge in [-0.05, 0) is 20.8 Å². The van der Waals surface area contributed by atoms with Crippen molar-refractivity contribution < 1.29 is 13.2 Å². The summed E-state index contributed by atoms with van der Waals surface area (Å²) in [7, 11) is -3.85. The molecule has 0 bridgehead atoms. The van der Waals surface area contributed by atoms with E-state index in [4.69, 9.17) is 9.88 Å². The van der Waals surface area contributed by atoms with Crippen LogP contribution in [-0.2, 0) is 21.4 Å². The maximum atomic E-state index is 11.3. The molecule has 0 atom stereocenters. The van der Waals surface area contributed by atoms with Gasteiger partial charge in [0.05, 0.1) is 0 Å². The van der Waals surface area contributed by atoms with E-state index in [1.54, 1.807) is 0 Å². The van der Waals surface area contributed by atoms with Gasteiger partial charge < -0.3 is 4.74 Å². The number of rotatable bonds is 5. The Morgan fingerprint density at radius 2 is 2.06 bits per heavy atom. The molecule has 1 heterocycles. The van der Waals surface area contributed by atoms with E-state index < -0.39 is 10.0 Å². The Morgan fingerprint density at radius 1 is 1.44 bits per heavy atom. The Balaban J connectivity index is 3.18. The smallest absolute Gasteiger partial charge is 0.273 e. The first-order valence-corrected chi connectivity index (χ1v) is 6.46. The predicted octanol–water partition coefficient (Wildman–Crippen LogP) is 0.0429. The molecule has 0 unspecified atom stereocenters. The van der Waals surface area contributed by atoms with E-state index in [1.807, 2.05) is 20.8 Å². The normalized spacial score (nSPS) is 12.3. The standard InChI is InChI=1S/C8H16N4O3S/c1-4-15-5-7-10-11-8(16(9,13)14)12(7)6(2)3/h6H,4-5H2,1-3H3,(H2,9,13,14). The van der Waals surface area contributed by atoms with Crippen LogP contribution in [0, 0.1) is 0 Å². The molecule has 0 amide bonds. The molecule has 0 saturated heterocycles. The van der Waals surface area contributed by atoms with Gasteiger partial charge in [0.25, 0.3) is 15.2 Å². The highest BCUT2D eigenvalue weighted by Gasteiger charge is 2.22. The lowest BCUT2D eigenvalue weighted by molar-refractivity contribution is 0.124. The van der Waals surface area contributed by atoms with Crippen LogP contribution in [0.2, 0.25) is 0 Å². The molecule has 0 radical (unpaired) electrons. The van der Waals surface area contributed by atoms with Gasteiger partial charge >= 0.3 is 0 Å². The minimum Gasteiger partial charge on any atom is -0.374 e. The fourth-order valence-electron chi connectivity index (χ4n) is 1.31. The molecule has 0 saturated carbocycles. The van der Waals surface area contributed by atoms with Crippen LogP contribution in [0.4, 0.5) is 0 Å². The largest absolute Gasteiger partial charge is 0.374 e. The molecule has 1 rings (SSSR count). The molecule has 8 heteroatoms. The highest BCUT2D eigenvalue weighted by atomic mass is 32.2. The fourth-order valence-corrected chi connectivity index (χ4v) is 2.06. The van der Waals surface area contributed by atoms with Crippen molar-refractivity contribution in [3.05, 3.63) is 5.82 Å². The van der Waals surface area contributed by atoms with Gasteiger partial charge in [-0.2, -0.15) is 0 Å². The Labute approximate surface area is 94.7 Å². The van der Waals surface area contributed by atoms with Gasteiger partial charge in [-0.25, -0.2) is 13.6 Å². The zero-order chi connectivity index (χ0) is 12.3. The Hall–Kier alpha value is -0.990. The molecule has 92 valence electrons. The molecule has 1 aromatic heterocycles. The van der Waals surface area contributed by atoms with Crippen LogP contribution in [0.15, 0.2) is 5.16 Å². The summed E-state index contributed by atoms with van der Waals surface area (Å²) in [6.07, 6.45) is 0. The molecule has 1 aromatic rings. The van der Waals surface area contributed by atoms with Crippen LogP contribution in [0.1, 0.15) is 32.6 Å². The summed E-state index contributed by atoms with van der Waals surface area (Å²) >= 11 is 0. The van der Waals surface area contributed by atoms with Crippen LogP contribution < -0.4 is 5.14 Å².